The Morgan fingerprint density at radius 3 is 2.47 bits per heavy atom. The van der Waals surface area contributed by atoms with Gasteiger partial charge in [0.25, 0.3) is 0 Å². The highest BCUT2D eigenvalue weighted by molar-refractivity contribution is 5.99. The number of hydrogen-bond donors (Lipinski definition) is 1. The molecule has 1 saturated carbocycles. The SMILES string of the molecule is CCC(C)N1C(=O)C(C2CC2)NC(=O)C1(C)C. The molecular formula is C13H22N2O2. The third-order valence-electron chi connectivity index (χ3n) is 4.07. The summed E-state index contributed by atoms with van der Waals surface area (Å²) in [5.41, 5.74) is -0.724. The fourth-order valence-corrected chi connectivity index (χ4v) is 2.61. The monoisotopic (exact) mass is 238 g/mol. The van der Waals surface area contributed by atoms with Gasteiger partial charge in [0.2, 0.25) is 11.8 Å². The lowest BCUT2D eigenvalue weighted by molar-refractivity contribution is -0.159. The van der Waals surface area contributed by atoms with E-state index in [1.807, 2.05) is 27.7 Å². The summed E-state index contributed by atoms with van der Waals surface area (Å²) in [5, 5.41) is 2.90. The molecule has 0 spiro atoms. The average molecular weight is 238 g/mol. The molecule has 0 bridgehead atoms. The van der Waals surface area contributed by atoms with Gasteiger partial charge in [0.1, 0.15) is 11.6 Å². The minimum absolute atomic E-state index is 0.0192. The number of piperazine rings is 1. The highest BCUT2D eigenvalue weighted by Gasteiger charge is 2.51. The van der Waals surface area contributed by atoms with Crippen LogP contribution in [0, 0.1) is 5.92 Å². The van der Waals surface area contributed by atoms with Crippen LogP contribution in [0.3, 0.4) is 0 Å². The molecule has 0 aromatic rings. The van der Waals surface area contributed by atoms with E-state index in [9.17, 15) is 9.59 Å². The standard InChI is InChI=1S/C13H22N2O2/c1-5-8(2)15-11(16)10(9-6-7-9)14-12(17)13(15,3)4/h8-10H,5-7H2,1-4H3,(H,14,17). The number of hydrogen-bond acceptors (Lipinski definition) is 2. The number of amides is 2. The summed E-state index contributed by atoms with van der Waals surface area (Å²) in [6.45, 7) is 7.72. The van der Waals surface area contributed by atoms with E-state index in [0.717, 1.165) is 19.3 Å². The maximum absolute atomic E-state index is 12.5. The molecule has 17 heavy (non-hydrogen) atoms. The smallest absolute Gasteiger partial charge is 0.246 e. The normalized spacial score (nSPS) is 30.1. The summed E-state index contributed by atoms with van der Waals surface area (Å²) >= 11 is 0. The minimum atomic E-state index is -0.724. The molecule has 0 aromatic heterocycles. The molecule has 1 N–H and O–H groups in total. The molecule has 1 heterocycles. The largest absolute Gasteiger partial charge is 0.342 e. The number of carbonyl (C=O) groups excluding carboxylic acids is 2. The predicted octanol–water partition coefficient (Wildman–Crippen LogP) is 1.30. The summed E-state index contributed by atoms with van der Waals surface area (Å²) in [5.74, 6) is 0.454. The Hall–Kier alpha value is -1.06. The Balaban J connectivity index is 2.28. The van der Waals surface area contributed by atoms with Gasteiger partial charge in [0.15, 0.2) is 0 Å². The highest BCUT2D eigenvalue weighted by atomic mass is 16.2. The van der Waals surface area contributed by atoms with Crippen molar-refractivity contribution in [2.45, 2.75) is 64.6 Å². The molecular weight excluding hydrogens is 216 g/mol. The Kier molecular flexibility index (Phi) is 2.92. The Bertz CT molecular complexity index is 347. The van der Waals surface area contributed by atoms with Crippen molar-refractivity contribution in [1.82, 2.24) is 10.2 Å². The molecule has 1 aliphatic heterocycles. The van der Waals surface area contributed by atoms with Crippen molar-refractivity contribution < 1.29 is 9.59 Å². The molecule has 2 fully saturated rings. The third-order valence-corrected chi connectivity index (χ3v) is 4.07. The summed E-state index contributed by atoms with van der Waals surface area (Å²) < 4.78 is 0. The van der Waals surface area contributed by atoms with Crippen molar-refractivity contribution >= 4 is 11.8 Å². The van der Waals surface area contributed by atoms with E-state index in [1.165, 1.54) is 0 Å². The van der Waals surface area contributed by atoms with Gasteiger partial charge in [-0.1, -0.05) is 6.92 Å². The Morgan fingerprint density at radius 1 is 1.41 bits per heavy atom. The number of rotatable bonds is 3. The zero-order valence-corrected chi connectivity index (χ0v) is 11.1. The maximum atomic E-state index is 12.5. The lowest BCUT2D eigenvalue weighted by Crippen LogP contribution is -2.70. The van der Waals surface area contributed by atoms with E-state index in [1.54, 1.807) is 4.90 Å². The van der Waals surface area contributed by atoms with Crippen LogP contribution in [0.15, 0.2) is 0 Å². The van der Waals surface area contributed by atoms with Crippen LogP contribution in [0.4, 0.5) is 0 Å². The molecule has 0 aromatic carbocycles. The van der Waals surface area contributed by atoms with Crippen LogP contribution >= 0.6 is 0 Å². The van der Waals surface area contributed by atoms with Gasteiger partial charge in [0.05, 0.1) is 0 Å². The molecule has 2 atom stereocenters. The highest BCUT2D eigenvalue weighted by Crippen LogP contribution is 2.37. The second-order valence-corrected chi connectivity index (χ2v) is 5.81. The van der Waals surface area contributed by atoms with E-state index in [2.05, 4.69) is 5.32 Å². The molecule has 2 amide bonds. The average Bonchev–Trinajstić information content (AvgIpc) is 3.06. The molecule has 1 aliphatic carbocycles. The fraction of sp³-hybridized carbons (Fsp3) is 0.846. The van der Waals surface area contributed by atoms with Crippen molar-refractivity contribution in [2.24, 2.45) is 5.92 Å². The lowest BCUT2D eigenvalue weighted by Gasteiger charge is -2.47. The first-order valence-electron chi connectivity index (χ1n) is 6.53. The third kappa shape index (κ3) is 1.94. The van der Waals surface area contributed by atoms with Gasteiger partial charge in [-0.3, -0.25) is 9.59 Å². The van der Waals surface area contributed by atoms with Gasteiger partial charge in [-0.15, -0.1) is 0 Å². The van der Waals surface area contributed by atoms with Gasteiger partial charge in [-0.2, -0.15) is 0 Å². The molecule has 2 aliphatic rings. The van der Waals surface area contributed by atoms with Gasteiger partial charge in [-0.05, 0) is 46.0 Å². The van der Waals surface area contributed by atoms with Crippen LogP contribution < -0.4 is 5.32 Å². The topological polar surface area (TPSA) is 49.4 Å². The zero-order valence-electron chi connectivity index (χ0n) is 11.1. The van der Waals surface area contributed by atoms with Crippen LogP contribution in [0.5, 0.6) is 0 Å². The lowest BCUT2D eigenvalue weighted by atomic mass is 9.91. The van der Waals surface area contributed by atoms with Crippen molar-refractivity contribution in [1.29, 1.82) is 0 Å². The molecule has 2 unspecified atom stereocenters. The fourth-order valence-electron chi connectivity index (χ4n) is 2.61. The second-order valence-electron chi connectivity index (χ2n) is 5.81. The van der Waals surface area contributed by atoms with Gasteiger partial charge < -0.3 is 10.2 Å². The van der Waals surface area contributed by atoms with E-state index in [-0.39, 0.29) is 23.9 Å². The van der Waals surface area contributed by atoms with Crippen molar-refractivity contribution in [3.63, 3.8) is 0 Å². The Morgan fingerprint density at radius 2 is 2.00 bits per heavy atom. The van der Waals surface area contributed by atoms with Crippen LogP contribution in [0.25, 0.3) is 0 Å². The number of nitrogens with zero attached hydrogens (tertiary/aromatic N) is 1. The molecule has 4 nitrogen and oxygen atoms in total. The predicted molar refractivity (Wildman–Crippen MR) is 65.3 cm³/mol. The Labute approximate surface area is 103 Å². The number of nitrogens with one attached hydrogen (secondary N) is 1. The van der Waals surface area contributed by atoms with Gasteiger partial charge in [-0.25, -0.2) is 0 Å². The van der Waals surface area contributed by atoms with E-state index >= 15 is 0 Å². The van der Waals surface area contributed by atoms with Crippen LogP contribution in [-0.4, -0.2) is 34.3 Å². The van der Waals surface area contributed by atoms with Crippen LogP contribution in [0.1, 0.15) is 47.0 Å². The summed E-state index contributed by atoms with van der Waals surface area (Å²) in [6, 6.07) is -0.158. The molecule has 2 rings (SSSR count). The van der Waals surface area contributed by atoms with E-state index < -0.39 is 5.54 Å². The zero-order chi connectivity index (χ0) is 12.8. The molecule has 4 heteroatoms. The summed E-state index contributed by atoms with van der Waals surface area (Å²) in [6.07, 6.45) is 3.00. The first-order valence-corrected chi connectivity index (χ1v) is 6.53. The first-order chi connectivity index (χ1) is 7.89. The van der Waals surface area contributed by atoms with Crippen LogP contribution in [0.2, 0.25) is 0 Å². The summed E-state index contributed by atoms with van der Waals surface area (Å²) in [4.78, 5) is 26.4. The van der Waals surface area contributed by atoms with Crippen molar-refractivity contribution in [3.8, 4) is 0 Å². The van der Waals surface area contributed by atoms with Gasteiger partial charge in [0, 0.05) is 6.04 Å². The van der Waals surface area contributed by atoms with Crippen molar-refractivity contribution in [3.05, 3.63) is 0 Å². The molecule has 96 valence electrons. The maximum Gasteiger partial charge on any atom is 0.246 e. The van der Waals surface area contributed by atoms with Crippen molar-refractivity contribution in [2.75, 3.05) is 0 Å². The molecule has 1 saturated heterocycles. The first kappa shape index (κ1) is 12.4. The van der Waals surface area contributed by atoms with Gasteiger partial charge >= 0.3 is 0 Å². The van der Waals surface area contributed by atoms with E-state index in [0.29, 0.717) is 5.92 Å². The minimum Gasteiger partial charge on any atom is -0.342 e. The molecule has 0 radical (unpaired) electrons. The quantitative estimate of drug-likeness (QED) is 0.805. The number of carbonyl (C=O) groups is 2. The van der Waals surface area contributed by atoms with E-state index in [4.69, 9.17) is 0 Å². The summed E-state index contributed by atoms with van der Waals surface area (Å²) in [7, 11) is 0. The second kappa shape index (κ2) is 4.00. The van der Waals surface area contributed by atoms with Crippen LogP contribution in [-0.2, 0) is 9.59 Å².